The largest absolute Gasteiger partial charge is 0.450 e. The highest BCUT2D eigenvalue weighted by Crippen LogP contribution is 2.18. The van der Waals surface area contributed by atoms with E-state index in [2.05, 4.69) is 15.5 Å². The summed E-state index contributed by atoms with van der Waals surface area (Å²) < 4.78 is 10.2. The van der Waals surface area contributed by atoms with Crippen molar-refractivity contribution in [2.75, 3.05) is 25.0 Å². The average Bonchev–Trinajstić information content (AvgIpc) is 2.88. The van der Waals surface area contributed by atoms with Crippen LogP contribution in [-0.2, 0) is 4.74 Å². The molecule has 2 rings (SSSR count). The number of ether oxygens (including phenoxy) is 1. The van der Waals surface area contributed by atoms with Crippen molar-refractivity contribution in [3.05, 3.63) is 5.82 Å². The van der Waals surface area contributed by atoms with Crippen LogP contribution in [0.15, 0.2) is 4.52 Å². The highest BCUT2D eigenvalue weighted by molar-refractivity contribution is 5.67. The van der Waals surface area contributed by atoms with Crippen molar-refractivity contribution in [2.24, 2.45) is 0 Å². The predicted molar refractivity (Wildman–Crippen MR) is 73.6 cm³/mol. The van der Waals surface area contributed by atoms with Gasteiger partial charge < -0.3 is 19.5 Å². The van der Waals surface area contributed by atoms with E-state index in [1.165, 1.54) is 0 Å². The Morgan fingerprint density at radius 1 is 1.50 bits per heavy atom. The Kier molecular flexibility index (Phi) is 4.81. The molecule has 0 atom stereocenters. The second-order valence-electron chi connectivity index (χ2n) is 5.22. The molecule has 0 aromatic carbocycles. The lowest BCUT2D eigenvalue weighted by molar-refractivity contribution is 0.0982. The van der Waals surface area contributed by atoms with Gasteiger partial charge in [0.25, 0.3) is 0 Å². The molecule has 1 aromatic heterocycles. The highest BCUT2D eigenvalue weighted by atomic mass is 16.6. The first-order valence-corrected chi connectivity index (χ1v) is 7.12. The van der Waals surface area contributed by atoms with Gasteiger partial charge in [-0.05, 0) is 19.8 Å². The van der Waals surface area contributed by atoms with Gasteiger partial charge in [-0.3, -0.25) is 0 Å². The molecule has 1 saturated heterocycles. The Morgan fingerprint density at radius 3 is 2.75 bits per heavy atom. The third-order valence-electron chi connectivity index (χ3n) is 3.31. The zero-order chi connectivity index (χ0) is 14.5. The molecule has 112 valence electrons. The fourth-order valence-electron chi connectivity index (χ4n) is 2.12. The highest BCUT2D eigenvalue weighted by Gasteiger charge is 2.24. The van der Waals surface area contributed by atoms with Crippen molar-refractivity contribution in [3.8, 4) is 0 Å². The Morgan fingerprint density at radius 2 is 2.20 bits per heavy atom. The average molecular weight is 282 g/mol. The quantitative estimate of drug-likeness (QED) is 0.912. The first-order chi connectivity index (χ1) is 9.60. The van der Waals surface area contributed by atoms with Gasteiger partial charge in [0.15, 0.2) is 5.82 Å². The Labute approximate surface area is 118 Å². The van der Waals surface area contributed by atoms with Crippen LogP contribution >= 0.6 is 0 Å². The summed E-state index contributed by atoms with van der Waals surface area (Å²) in [5.74, 6) is 0.955. The minimum atomic E-state index is -0.231. The number of nitrogens with zero attached hydrogens (tertiary/aromatic N) is 3. The molecule has 1 N–H and O–H groups in total. The Balaban J connectivity index is 1.80. The van der Waals surface area contributed by atoms with Crippen molar-refractivity contribution in [2.45, 2.75) is 45.6 Å². The van der Waals surface area contributed by atoms with Crippen LogP contribution in [0.25, 0.3) is 0 Å². The van der Waals surface area contributed by atoms with E-state index >= 15 is 0 Å². The fourth-order valence-corrected chi connectivity index (χ4v) is 2.12. The summed E-state index contributed by atoms with van der Waals surface area (Å²) in [4.78, 5) is 17.6. The molecular formula is C13H22N4O3. The second kappa shape index (κ2) is 6.58. The van der Waals surface area contributed by atoms with Crippen molar-refractivity contribution >= 4 is 12.1 Å². The lowest BCUT2D eigenvalue weighted by Crippen LogP contribution is -2.42. The number of anilines is 1. The van der Waals surface area contributed by atoms with Gasteiger partial charge in [0.1, 0.15) is 0 Å². The summed E-state index contributed by atoms with van der Waals surface area (Å²) in [6, 6.07) is 0.712. The lowest BCUT2D eigenvalue weighted by Gasteiger charge is -2.31. The summed E-state index contributed by atoms with van der Waals surface area (Å²) in [6.07, 6.45) is 1.46. The monoisotopic (exact) mass is 282 g/mol. The SMILES string of the molecule is CCOC(=O)N1CCC(Nc2nc(C(C)C)no2)CC1. The van der Waals surface area contributed by atoms with Gasteiger partial charge in [0, 0.05) is 25.0 Å². The number of piperidine rings is 1. The molecule has 1 aliphatic heterocycles. The molecule has 1 aromatic rings. The van der Waals surface area contributed by atoms with Crippen molar-refractivity contribution < 1.29 is 14.1 Å². The van der Waals surface area contributed by atoms with E-state index in [9.17, 15) is 4.79 Å². The van der Waals surface area contributed by atoms with Crippen LogP contribution in [0.1, 0.15) is 45.4 Å². The van der Waals surface area contributed by atoms with E-state index in [1.807, 2.05) is 20.8 Å². The van der Waals surface area contributed by atoms with E-state index in [-0.39, 0.29) is 18.1 Å². The third-order valence-corrected chi connectivity index (χ3v) is 3.31. The van der Waals surface area contributed by atoms with E-state index in [1.54, 1.807) is 4.90 Å². The molecule has 0 bridgehead atoms. The molecule has 0 aliphatic carbocycles. The van der Waals surface area contributed by atoms with Crippen LogP contribution in [0.2, 0.25) is 0 Å². The van der Waals surface area contributed by atoms with Crippen LogP contribution in [0.3, 0.4) is 0 Å². The van der Waals surface area contributed by atoms with Gasteiger partial charge >= 0.3 is 12.1 Å². The number of hydrogen-bond acceptors (Lipinski definition) is 6. The van der Waals surface area contributed by atoms with Crippen LogP contribution in [-0.4, -0.2) is 46.9 Å². The van der Waals surface area contributed by atoms with E-state index < -0.39 is 0 Å². The van der Waals surface area contributed by atoms with Gasteiger partial charge in [-0.25, -0.2) is 4.79 Å². The first kappa shape index (κ1) is 14.6. The minimum absolute atomic E-state index is 0.231. The molecule has 2 heterocycles. The summed E-state index contributed by atoms with van der Waals surface area (Å²) in [7, 11) is 0. The fraction of sp³-hybridized carbons (Fsp3) is 0.769. The van der Waals surface area contributed by atoms with Gasteiger partial charge in [0.05, 0.1) is 6.61 Å². The summed E-state index contributed by atoms with van der Waals surface area (Å²) >= 11 is 0. The molecular weight excluding hydrogens is 260 g/mol. The van der Waals surface area contributed by atoms with E-state index in [0.29, 0.717) is 31.5 Å². The maximum atomic E-state index is 11.6. The number of rotatable bonds is 4. The van der Waals surface area contributed by atoms with Crippen molar-refractivity contribution in [3.63, 3.8) is 0 Å². The molecule has 1 aliphatic rings. The van der Waals surface area contributed by atoms with Gasteiger partial charge in [-0.1, -0.05) is 19.0 Å². The Bertz CT molecular complexity index is 439. The smallest absolute Gasteiger partial charge is 0.409 e. The zero-order valence-electron chi connectivity index (χ0n) is 12.3. The van der Waals surface area contributed by atoms with Gasteiger partial charge in [0.2, 0.25) is 0 Å². The molecule has 7 nitrogen and oxygen atoms in total. The second-order valence-corrected chi connectivity index (χ2v) is 5.22. The zero-order valence-corrected chi connectivity index (χ0v) is 12.3. The first-order valence-electron chi connectivity index (χ1n) is 7.12. The number of amides is 1. The van der Waals surface area contributed by atoms with E-state index in [0.717, 1.165) is 12.8 Å². The molecule has 0 unspecified atom stereocenters. The van der Waals surface area contributed by atoms with Gasteiger partial charge in [-0.2, -0.15) is 4.98 Å². The minimum Gasteiger partial charge on any atom is -0.450 e. The molecule has 1 amide bonds. The third kappa shape index (κ3) is 3.61. The normalized spacial score (nSPS) is 16.5. The standard InChI is InChI=1S/C13H22N4O3/c1-4-19-13(18)17-7-5-10(6-8-17)14-12-15-11(9(2)3)16-20-12/h9-10H,4-8H2,1-3H3,(H,14,15,16). The van der Waals surface area contributed by atoms with Crippen LogP contribution in [0.5, 0.6) is 0 Å². The number of nitrogens with one attached hydrogen (secondary N) is 1. The lowest BCUT2D eigenvalue weighted by atomic mass is 10.1. The number of aromatic nitrogens is 2. The maximum absolute atomic E-state index is 11.6. The molecule has 1 fully saturated rings. The molecule has 0 radical (unpaired) electrons. The molecule has 0 saturated carbocycles. The summed E-state index contributed by atoms with van der Waals surface area (Å²) in [5, 5.41) is 7.14. The summed E-state index contributed by atoms with van der Waals surface area (Å²) in [5.41, 5.74) is 0. The molecule has 20 heavy (non-hydrogen) atoms. The van der Waals surface area contributed by atoms with Gasteiger partial charge in [-0.15, -0.1) is 0 Å². The number of carbonyl (C=O) groups excluding carboxylic acids is 1. The van der Waals surface area contributed by atoms with E-state index in [4.69, 9.17) is 9.26 Å². The van der Waals surface area contributed by atoms with Crippen molar-refractivity contribution in [1.82, 2.24) is 15.0 Å². The number of hydrogen-bond donors (Lipinski definition) is 1. The van der Waals surface area contributed by atoms with Crippen molar-refractivity contribution in [1.29, 1.82) is 0 Å². The summed E-state index contributed by atoms with van der Waals surface area (Å²) in [6.45, 7) is 7.63. The van der Waals surface area contributed by atoms with Crippen LogP contribution < -0.4 is 5.32 Å². The number of carbonyl (C=O) groups is 1. The predicted octanol–water partition coefficient (Wildman–Crippen LogP) is 2.23. The molecule has 0 spiro atoms. The Hall–Kier alpha value is -1.79. The number of likely N-dealkylation sites (tertiary alicyclic amines) is 1. The topological polar surface area (TPSA) is 80.5 Å². The maximum Gasteiger partial charge on any atom is 0.409 e. The molecule has 7 heteroatoms. The van der Waals surface area contributed by atoms with Crippen LogP contribution in [0.4, 0.5) is 10.8 Å². The van der Waals surface area contributed by atoms with Crippen LogP contribution in [0, 0.1) is 0 Å².